The molecule has 2 aromatic heterocycles. The second kappa shape index (κ2) is 5.41. The molecule has 2 aromatic rings. The van der Waals surface area contributed by atoms with Crippen LogP contribution in [0.25, 0.3) is 10.8 Å². The first-order valence-corrected chi connectivity index (χ1v) is 5.86. The molecule has 0 aromatic carbocycles. The zero-order valence-electron chi connectivity index (χ0n) is 9.12. The number of nitrogens with zero attached hydrogens (tertiary/aromatic N) is 2. The van der Waals surface area contributed by atoms with Crippen molar-refractivity contribution in [2.24, 2.45) is 0 Å². The Hall–Kier alpha value is -2.22. The van der Waals surface area contributed by atoms with Crippen molar-refractivity contribution in [3.63, 3.8) is 0 Å². The van der Waals surface area contributed by atoms with Crippen molar-refractivity contribution < 1.29 is 19.1 Å². The smallest absolute Gasteiger partial charge is 0.303 e. The lowest BCUT2D eigenvalue weighted by atomic mass is 10.3. The second-order valence-electron chi connectivity index (χ2n) is 3.33. The van der Waals surface area contributed by atoms with E-state index in [9.17, 15) is 9.59 Å². The lowest BCUT2D eigenvalue weighted by molar-refractivity contribution is -0.138. The molecule has 0 saturated heterocycles. The van der Waals surface area contributed by atoms with Crippen LogP contribution < -0.4 is 5.32 Å². The summed E-state index contributed by atoms with van der Waals surface area (Å²) in [5, 5.41) is 19.4. The predicted molar refractivity (Wildman–Crippen MR) is 63.1 cm³/mol. The van der Waals surface area contributed by atoms with E-state index < -0.39 is 11.9 Å². The first-order valence-electron chi connectivity index (χ1n) is 5.04. The minimum Gasteiger partial charge on any atom is -0.481 e. The maximum atomic E-state index is 11.4. The Kier molecular flexibility index (Phi) is 3.68. The number of furan rings is 1. The third-order valence-corrected chi connectivity index (χ3v) is 2.82. The number of aromatic nitrogens is 2. The molecule has 7 nitrogen and oxygen atoms in total. The van der Waals surface area contributed by atoms with E-state index in [1.807, 2.05) is 0 Å². The maximum Gasteiger partial charge on any atom is 0.303 e. The summed E-state index contributed by atoms with van der Waals surface area (Å²) in [6.07, 6.45) is 1.21. The Morgan fingerprint density at radius 3 is 2.89 bits per heavy atom. The van der Waals surface area contributed by atoms with Crippen molar-refractivity contribution in [2.45, 2.75) is 12.8 Å². The molecule has 2 N–H and O–H groups in total. The second-order valence-corrected chi connectivity index (χ2v) is 4.31. The Morgan fingerprint density at radius 1 is 1.39 bits per heavy atom. The van der Waals surface area contributed by atoms with Gasteiger partial charge in [0.1, 0.15) is 0 Å². The molecule has 0 aliphatic heterocycles. The number of amides is 1. The molecule has 2 heterocycles. The van der Waals surface area contributed by atoms with Gasteiger partial charge in [-0.15, -0.1) is 10.2 Å². The molecule has 0 aliphatic rings. The average Bonchev–Trinajstić information content (AvgIpc) is 2.95. The summed E-state index contributed by atoms with van der Waals surface area (Å²) in [5.74, 6) is -0.850. The molecule has 0 radical (unpaired) electrons. The van der Waals surface area contributed by atoms with E-state index in [2.05, 4.69) is 15.5 Å². The first-order chi connectivity index (χ1) is 8.65. The quantitative estimate of drug-likeness (QED) is 0.852. The van der Waals surface area contributed by atoms with Gasteiger partial charge in [0.15, 0.2) is 10.8 Å². The summed E-state index contributed by atoms with van der Waals surface area (Å²) >= 11 is 1.16. The highest BCUT2D eigenvalue weighted by molar-refractivity contribution is 7.18. The molecule has 0 unspecified atom stereocenters. The van der Waals surface area contributed by atoms with E-state index in [4.69, 9.17) is 9.52 Å². The third kappa shape index (κ3) is 3.14. The lowest BCUT2D eigenvalue weighted by Crippen LogP contribution is -2.12. The number of anilines is 1. The van der Waals surface area contributed by atoms with Gasteiger partial charge in [0, 0.05) is 6.42 Å². The lowest BCUT2D eigenvalue weighted by Gasteiger charge is -1.97. The van der Waals surface area contributed by atoms with E-state index in [0.717, 1.165) is 11.3 Å². The minimum atomic E-state index is -1.02. The highest BCUT2D eigenvalue weighted by atomic mass is 32.1. The summed E-state index contributed by atoms with van der Waals surface area (Å²) in [5.41, 5.74) is 0. The van der Waals surface area contributed by atoms with Crippen molar-refractivity contribution in [1.29, 1.82) is 0 Å². The fourth-order valence-corrected chi connectivity index (χ4v) is 1.90. The van der Waals surface area contributed by atoms with Crippen molar-refractivity contribution in [2.75, 3.05) is 5.32 Å². The van der Waals surface area contributed by atoms with Gasteiger partial charge in [0.2, 0.25) is 11.0 Å². The summed E-state index contributed by atoms with van der Waals surface area (Å²) < 4.78 is 5.13. The van der Waals surface area contributed by atoms with Gasteiger partial charge < -0.3 is 14.8 Å². The van der Waals surface area contributed by atoms with E-state index in [-0.39, 0.29) is 12.8 Å². The largest absolute Gasteiger partial charge is 0.481 e. The molecule has 18 heavy (non-hydrogen) atoms. The summed E-state index contributed by atoms with van der Waals surface area (Å²) in [6, 6.07) is 3.46. The molecule has 0 aliphatic carbocycles. The van der Waals surface area contributed by atoms with Crippen LogP contribution in [0.4, 0.5) is 5.13 Å². The Bertz CT molecular complexity index is 549. The van der Waals surface area contributed by atoms with E-state index in [0.29, 0.717) is 15.9 Å². The van der Waals surface area contributed by atoms with Gasteiger partial charge in [0.05, 0.1) is 12.7 Å². The summed E-state index contributed by atoms with van der Waals surface area (Å²) in [4.78, 5) is 21.7. The van der Waals surface area contributed by atoms with Crippen LogP contribution in [0.5, 0.6) is 0 Å². The molecule has 8 heteroatoms. The molecule has 0 saturated carbocycles. The van der Waals surface area contributed by atoms with Crippen LogP contribution >= 0.6 is 11.3 Å². The summed E-state index contributed by atoms with van der Waals surface area (Å²) in [6.45, 7) is 0. The SMILES string of the molecule is O=C(O)CCC(=O)Nc1nnc(-c2ccco2)s1. The molecule has 0 atom stereocenters. The third-order valence-electron chi connectivity index (χ3n) is 1.97. The number of carbonyl (C=O) groups excluding carboxylic acids is 1. The van der Waals surface area contributed by atoms with Gasteiger partial charge in [-0.25, -0.2) is 0 Å². The molecule has 1 amide bonds. The average molecular weight is 267 g/mol. The molecule has 0 bridgehead atoms. The fourth-order valence-electron chi connectivity index (χ4n) is 1.18. The Balaban J connectivity index is 1.95. The van der Waals surface area contributed by atoms with Gasteiger partial charge in [0.25, 0.3) is 0 Å². The number of aliphatic carboxylic acids is 1. The van der Waals surface area contributed by atoms with Crippen LogP contribution in [0.1, 0.15) is 12.8 Å². The van der Waals surface area contributed by atoms with Gasteiger partial charge >= 0.3 is 5.97 Å². The molecular weight excluding hydrogens is 258 g/mol. The van der Waals surface area contributed by atoms with Crippen LogP contribution in [-0.2, 0) is 9.59 Å². The van der Waals surface area contributed by atoms with Gasteiger partial charge in [-0.05, 0) is 12.1 Å². The van der Waals surface area contributed by atoms with Crippen molar-refractivity contribution >= 4 is 28.3 Å². The Labute approximate surface area is 105 Å². The van der Waals surface area contributed by atoms with Crippen LogP contribution in [0, 0.1) is 0 Å². The van der Waals surface area contributed by atoms with E-state index in [1.165, 1.54) is 6.26 Å². The van der Waals surface area contributed by atoms with Gasteiger partial charge in [-0.2, -0.15) is 0 Å². The predicted octanol–water partition coefficient (Wildman–Crippen LogP) is 1.60. The van der Waals surface area contributed by atoms with Crippen LogP contribution in [0.2, 0.25) is 0 Å². The minimum absolute atomic E-state index is 0.0923. The summed E-state index contributed by atoms with van der Waals surface area (Å²) in [7, 11) is 0. The van der Waals surface area contributed by atoms with Crippen molar-refractivity contribution in [3.8, 4) is 10.8 Å². The first kappa shape index (κ1) is 12.2. The van der Waals surface area contributed by atoms with Crippen LogP contribution in [0.3, 0.4) is 0 Å². The zero-order chi connectivity index (χ0) is 13.0. The maximum absolute atomic E-state index is 11.4. The highest BCUT2D eigenvalue weighted by Gasteiger charge is 2.11. The topological polar surface area (TPSA) is 105 Å². The molecular formula is C10H9N3O4S. The normalized spacial score (nSPS) is 10.2. The number of hydrogen-bond donors (Lipinski definition) is 2. The number of nitrogens with one attached hydrogen (secondary N) is 1. The van der Waals surface area contributed by atoms with Crippen molar-refractivity contribution in [3.05, 3.63) is 18.4 Å². The molecule has 0 fully saturated rings. The van der Waals surface area contributed by atoms with Gasteiger partial charge in [-0.1, -0.05) is 11.3 Å². The van der Waals surface area contributed by atoms with Gasteiger partial charge in [-0.3, -0.25) is 9.59 Å². The number of carboxylic acids is 1. The Morgan fingerprint density at radius 2 is 2.22 bits per heavy atom. The standard InChI is InChI=1S/C10H9N3O4S/c14-7(3-4-8(15)16)11-10-13-12-9(18-10)6-2-1-5-17-6/h1-2,5H,3-4H2,(H,15,16)(H,11,13,14). The monoisotopic (exact) mass is 267 g/mol. The van der Waals surface area contributed by atoms with Crippen LogP contribution in [0.15, 0.2) is 22.8 Å². The van der Waals surface area contributed by atoms with Crippen LogP contribution in [-0.4, -0.2) is 27.2 Å². The number of rotatable bonds is 5. The van der Waals surface area contributed by atoms with E-state index >= 15 is 0 Å². The molecule has 94 valence electrons. The number of carbonyl (C=O) groups is 2. The van der Waals surface area contributed by atoms with E-state index in [1.54, 1.807) is 12.1 Å². The molecule has 0 spiro atoms. The number of hydrogen-bond acceptors (Lipinski definition) is 6. The fraction of sp³-hybridized carbons (Fsp3) is 0.200. The molecule has 2 rings (SSSR count). The zero-order valence-corrected chi connectivity index (χ0v) is 9.94. The highest BCUT2D eigenvalue weighted by Crippen LogP contribution is 2.26. The number of carboxylic acid groups (broad SMARTS) is 1. The van der Waals surface area contributed by atoms with Crippen molar-refractivity contribution in [1.82, 2.24) is 10.2 Å².